The van der Waals surface area contributed by atoms with Crippen molar-refractivity contribution in [3.05, 3.63) is 78.1 Å². The van der Waals surface area contributed by atoms with Crippen LogP contribution in [0.3, 0.4) is 0 Å². The molecule has 0 aliphatic heterocycles. The van der Waals surface area contributed by atoms with Gasteiger partial charge in [-0.15, -0.1) is 0 Å². The first-order valence-corrected chi connectivity index (χ1v) is 7.56. The van der Waals surface area contributed by atoms with Gasteiger partial charge in [0.05, 0.1) is 0 Å². The number of aliphatic carboxylic acids is 1. The van der Waals surface area contributed by atoms with Crippen LogP contribution in [0.5, 0.6) is 0 Å². The summed E-state index contributed by atoms with van der Waals surface area (Å²) in [6.07, 6.45) is 1.70. The van der Waals surface area contributed by atoms with E-state index < -0.39 is 17.9 Å². The van der Waals surface area contributed by atoms with Crippen LogP contribution in [0.15, 0.2) is 66.9 Å². The molecule has 0 bridgehead atoms. The summed E-state index contributed by atoms with van der Waals surface area (Å²) in [6, 6.07) is 17.4. The zero-order chi connectivity index (χ0) is 16.9. The second kappa shape index (κ2) is 6.91. The van der Waals surface area contributed by atoms with Crippen molar-refractivity contribution < 1.29 is 14.7 Å². The largest absolute Gasteiger partial charge is 0.480 e. The number of pyridine rings is 1. The van der Waals surface area contributed by atoms with Crippen molar-refractivity contribution in [1.29, 1.82) is 0 Å². The topological polar surface area (TPSA) is 79.3 Å². The number of aromatic nitrogens is 1. The lowest BCUT2D eigenvalue weighted by Crippen LogP contribution is -2.42. The van der Waals surface area contributed by atoms with Crippen molar-refractivity contribution in [3.63, 3.8) is 0 Å². The lowest BCUT2D eigenvalue weighted by Gasteiger charge is -2.15. The summed E-state index contributed by atoms with van der Waals surface area (Å²) in [5, 5.41) is 14.0. The van der Waals surface area contributed by atoms with E-state index in [1.165, 1.54) is 6.20 Å². The summed E-state index contributed by atoms with van der Waals surface area (Å²) in [4.78, 5) is 27.7. The molecule has 1 amide bonds. The highest BCUT2D eigenvalue weighted by atomic mass is 16.4. The number of hydrogen-bond acceptors (Lipinski definition) is 3. The molecule has 0 spiro atoms. The molecule has 2 N–H and O–H groups in total. The van der Waals surface area contributed by atoms with Crippen LogP contribution in [0.4, 0.5) is 0 Å². The van der Waals surface area contributed by atoms with Crippen LogP contribution in [0.2, 0.25) is 0 Å². The Bertz CT molecular complexity index is 873. The fourth-order valence-electron chi connectivity index (χ4n) is 2.62. The minimum Gasteiger partial charge on any atom is -0.480 e. The number of carboxylic acid groups (broad SMARTS) is 1. The Balaban J connectivity index is 1.84. The molecule has 5 heteroatoms. The van der Waals surface area contributed by atoms with E-state index in [9.17, 15) is 14.7 Å². The minimum atomic E-state index is -1.08. The third-order valence-electron chi connectivity index (χ3n) is 3.80. The van der Waals surface area contributed by atoms with Crippen LogP contribution >= 0.6 is 0 Å². The van der Waals surface area contributed by atoms with Gasteiger partial charge in [0, 0.05) is 12.6 Å². The van der Waals surface area contributed by atoms with Gasteiger partial charge in [0.25, 0.3) is 5.91 Å². The van der Waals surface area contributed by atoms with Crippen molar-refractivity contribution in [2.75, 3.05) is 0 Å². The van der Waals surface area contributed by atoms with Crippen LogP contribution in [0, 0.1) is 0 Å². The van der Waals surface area contributed by atoms with Gasteiger partial charge in [-0.1, -0.05) is 48.5 Å². The minimum absolute atomic E-state index is 0.196. The standard InChI is InChI=1S/C19H16N2O3/c22-18(16-10-3-4-11-20-16)21-17(19(23)24)12-14-8-5-7-13-6-1-2-9-15(13)14/h1-11,17H,12H2,(H,21,22)(H,23,24)/t17-/m1/s1. The van der Waals surface area contributed by atoms with Crippen LogP contribution in [0.1, 0.15) is 16.1 Å². The van der Waals surface area contributed by atoms with E-state index in [0.29, 0.717) is 0 Å². The predicted molar refractivity (Wildman–Crippen MR) is 90.8 cm³/mol. The first-order valence-electron chi connectivity index (χ1n) is 7.56. The van der Waals surface area contributed by atoms with Crippen LogP contribution in [-0.4, -0.2) is 28.0 Å². The van der Waals surface area contributed by atoms with E-state index in [4.69, 9.17) is 0 Å². The van der Waals surface area contributed by atoms with Crippen LogP contribution in [-0.2, 0) is 11.2 Å². The number of fused-ring (bicyclic) bond motifs is 1. The molecule has 1 atom stereocenters. The Morgan fingerprint density at radius 3 is 2.50 bits per heavy atom. The number of benzene rings is 2. The molecule has 0 saturated heterocycles. The lowest BCUT2D eigenvalue weighted by atomic mass is 9.98. The fraction of sp³-hybridized carbons (Fsp3) is 0.105. The number of carbonyl (C=O) groups is 2. The summed E-state index contributed by atoms with van der Waals surface area (Å²) in [6.45, 7) is 0. The summed E-state index contributed by atoms with van der Waals surface area (Å²) >= 11 is 0. The molecule has 2 aromatic carbocycles. The summed E-state index contributed by atoms with van der Waals surface area (Å²) < 4.78 is 0. The third-order valence-corrected chi connectivity index (χ3v) is 3.80. The number of nitrogens with zero attached hydrogens (tertiary/aromatic N) is 1. The van der Waals surface area contributed by atoms with Gasteiger partial charge < -0.3 is 10.4 Å². The number of amides is 1. The van der Waals surface area contributed by atoms with Gasteiger partial charge in [0.2, 0.25) is 0 Å². The van der Waals surface area contributed by atoms with Gasteiger partial charge in [-0.3, -0.25) is 9.78 Å². The first-order chi connectivity index (χ1) is 11.6. The molecular weight excluding hydrogens is 304 g/mol. The molecule has 0 aliphatic carbocycles. The number of carboxylic acids is 1. The molecule has 120 valence electrons. The molecule has 0 radical (unpaired) electrons. The van der Waals surface area contributed by atoms with Crippen molar-refractivity contribution in [1.82, 2.24) is 10.3 Å². The van der Waals surface area contributed by atoms with Gasteiger partial charge in [-0.2, -0.15) is 0 Å². The molecule has 0 unspecified atom stereocenters. The fourth-order valence-corrected chi connectivity index (χ4v) is 2.62. The highest BCUT2D eigenvalue weighted by Gasteiger charge is 2.22. The maximum absolute atomic E-state index is 12.2. The Morgan fingerprint density at radius 2 is 1.75 bits per heavy atom. The Hall–Kier alpha value is -3.21. The quantitative estimate of drug-likeness (QED) is 0.757. The van der Waals surface area contributed by atoms with E-state index in [0.717, 1.165) is 16.3 Å². The molecule has 24 heavy (non-hydrogen) atoms. The Kier molecular flexibility index (Phi) is 4.52. The lowest BCUT2D eigenvalue weighted by molar-refractivity contribution is -0.139. The van der Waals surface area contributed by atoms with Gasteiger partial charge in [0.1, 0.15) is 11.7 Å². The normalized spacial score (nSPS) is 11.8. The summed E-state index contributed by atoms with van der Waals surface area (Å²) in [7, 11) is 0. The van der Waals surface area contributed by atoms with Gasteiger partial charge in [-0.05, 0) is 28.5 Å². The maximum Gasteiger partial charge on any atom is 0.326 e. The number of hydrogen-bond donors (Lipinski definition) is 2. The van der Waals surface area contributed by atoms with E-state index in [1.54, 1.807) is 18.2 Å². The van der Waals surface area contributed by atoms with Crippen LogP contribution in [0.25, 0.3) is 10.8 Å². The molecule has 0 aliphatic rings. The number of rotatable bonds is 5. The first kappa shape index (κ1) is 15.7. The van der Waals surface area contributed by atoms with Crippen molar-refractivity contribution in [2.45, 2.75) is 12.5 Å². The Morgan fingerprint density at radius 1 is 1.00 bits per heavy atom. The smallest absolute Gasteiger partial charge is 0.326 e. The maximum atomic E-state index is 12.2. The van der Waals surface area contributed by atoms with E-state index in [2.05, 4.69) is 10.3 Å². The van der Waals surface area contributed by atoms with E-state index in [1.807, 2.05) is 42.5 Å². The Labute approximate surface area is 139 Å². The second-order valence-electron chi connectivity index (χ2n) is 5.42. The molecule has 1 heterocycles. The highest BCUT2D eigenvalue weighted by molar-refractivity contribution is 5.95. The zero-order valence-electron chi connectivity index (χ0n) is 12.8. The third kappa shape index (κ3) is 3.41. The average molecular weight is 320 g/mol. The molecular formula is C19H16N2O3. The SMILES string of the molecule is O=C(N[C@H](Cc1cccc2ccccc12)C(=O)O)c1ccccn1. The molecule has 3 rings (SSSR count). The van der Waals surface area contributed by atoms with Gasteiger partial charge >= 0.3 is 5.97 Å². The number of nitrogens with one attached hydrogen (secondary N) is 1. The summed E-state index contributed by atoms with van der Waals surface area (Å²) in [5.74, 6) is -1.57. The molecule has 1 aromatic heterocycles. The van der Waals surface area contributed by atoms with E-state index in [-0.39, 0.29) is 12.1 Å². The second-order valence-corrected chi connectivity index (χ2v) is 5.42. The summed E-state index contributed by atoms with van der Waals surface area (Å²) in [5.41, 5.74) is 1.07. The average Bonchev–Trinajstić information content (AvgIpc) is 2.62. The molecule has 0 saturated carbocycles. The predicted octanol–water partition coefficient (Wildman–Crippen LogP) is 2.66. The van der Waals surface area contributed by atoms with Crippen molar-refractivity contribution >= 4 is 22.6 Å². The van der Waals surface area contributed by atoms with Crippen molar-refractivity contribution in [3.8, 4) is 0 Å². The van der Waals surface area contributed by atoms with Gasteiger partial charge in [0.15, 0.2) is 0 Å². The molecule has 5 nitrogen and oxygen atoms in total. The zero-order valence-corrected chi connectivity index (χ0v) is 12.8. The molecule has 0 fully saturated rings. The van der Waals surface area contributed by atoms with Gasteiger partial charge in [-0.25, -0.2) is 4.79 Å². The van der Waals surface area contributed by atoms with Crippen LogP contribution < -0.4 is 5.32 Å². The van der Waals surface area contributed by atoms with E-state index >= 15 is 0 Å². The monoisotopic (exact) mass is 320 g/mol. The molecule has 3 aromatic rings. The highest BCUT2D eigenvalue weighted by Crippen LogP contribution is 2.20. The number of carbonyl (C=O) groups excluding carboxylic acids is 1. The van der Waals surface area contributed by atoms with Crippen molar-refractivity contribution in [2.24, 2.45) is 0 Å².